The van der Waals surface area contributed by atoms with Gasteiger partial charge in [0.25, 0.3) is 0 Å². The van der Waals surface area contributed by atoms with Crippen molar-refractivity contribution in [3.8, 4) is 0 Å². The van der Waals surface area contributed by atoms with Gasteiger partial charge in [0.15, 0.2) is 5.78 Å². The second-order valence-corrected chi connectivity index (χ2v) is 7.65. The first-order valence-electron chi connectivity index (χ1n) is 7.57. The Labute approximate surface area is 120 Å². The Balaban J connectivity index is 2.19. The molecule has 110 valence electrons. The fraction of sp³-hybridized carbons (Fsp3) is 0.765. The van der Waals surface area contributed by atoms with Crippen LogP contribution in [0.5, 0.6) is 0 Å². The van der Waals surface area contributed by atoms with Crippen LogP contribution in [0.2, 0.25) is 0 Å². The van der Waals surface area contributed by atoms with Gasteiger partial charge >= 0.3 is 5.97 Å². The molecule has 3 aliphatic carbocycles. The molecule has 0 aromatic heterocycles. The van der Waals surface area contributed by atoms with Gasteiger partial charge in [-0.15, -0.1) is 0 Å². The van der Waals surface area contributed by atoms with Crippen LogP contribution in [0.25, 0.3) is 0 Å². The van der Waals surface area contributed by atoms with Gasteiger partial charge in [-0.2, -0.15) is 0 Å². The zero-order valence-corrected chi connectivity index (χ0v) is 12.9. The maximum Gasteiger partial charge on any atom is 0.302 e. The molecule has 3 saturated carbocycles. The highest BCUT2D eigenvalue weighted by Gasteiger charge is 2.75. The average Bonchev–Trinajstić information content (AvgIpc) is 2.68. The minimum Gasteiger partial charge on any atom is -0.461 e. The van der Waals surface area contributed by atoms with E-state index in [9.17, 15) is 9.59 Å². The largest absolute Gasteiger partial charge is 0.461 e. The number of carbonyl (C=O) groups excluding carboxylic acids is 2. The summed E-state index contributed by atoms with van der Waals surface area (Å²) in [5.41, 5.74) is 0.486. The Morgan fingerprint density at radius 2 is 1.90 bits per heavy atom. The second kappa shape index (κ2) is 3.75. The summed E-state index contributed by atoms with van der Waals surface area (Å²) in [4.78, 5) is 23.9. The lowest BCUT2D eigenvalue weighted by Crippen LogP contribution is -2.47. The second-order valence-electron chi connectivity index (χ2n) is 7.65. The molecule has 0 aromatic rings. The molecule has 0 aromatic carbocycles. The van der Waals surface area contributed by atoms with Crippen LogP contribution in [0.1, 0.15) is 53.4 Å². The number of Topliss-reactive ketones (excluding diaryl/α,β-unsaturated/α-hetero) is 1. The molecule has 0 N–H and O–H groups in total. The van der Waals surface area contributed by atoms with Crippen molar-refractivity contribution >= 4 is 11.8 Å². The summed E-state index contributed by atoms with van der Waals surface area (Å²) < 4.78 is 5.71. The van der Waals surface area contributed by atoms with E-state index in [4.69, 9.17) is 4.74 Å². The molecule has 3 heteroatoms. The van der Waals surface area contributed by atoms with Crippen molar-refractivity contribution in [1.29, 1.82) is 0 Å². The fourth-order valence-electron chi connectivity index (χ4n) is 5.68. The summed E-state index contributed by atoms with van der Waals surface area (Å²) in [5.74, 6) is -0.0940. The molecule has 0 aliphatic heterocycles. The van der Waals surface area contributed by atoms with E-state index in [2.05, 4.69) is 27.4 Å². The maximum atomic E-state index is 12.4. The van der Waals surface area contributed by atoms with Crippen LogP contribution in [-0.4, -0.2) is 17.9 Å². The standard InChI is InChI=1S/C17H24O3/c1-10-12(19)9-16(4)14(20-11(2)18)13(10)15(3)7-6-8-17(15,16)5/h13-14H,1,6-9H2,2-5H3/t13-,14+,15-,16+,17-/m0/s1. The number of ether oxygens (including phenoxy) is 1. The molecule has 3 aliphatic rings. The van der Waals surface area contributed by atoms with Gasteiger partial charge < -0.3 is 4.74 Å². The number of hydrogen-bond acceptors (Lipinski definition) is 3. The van der Waals surface area contributed by atoms with Crippen LogP contribution in [0, 0.1) is 22.2 Å². The molecule has 3 fully saturated rings. The van der Waals surface area contributed by atoms with Crippen LogP contribution < -0.4 is 0 Å². The van der Waals surface area contributed by atoms with Crippen molar-refractivity contribution in [1.82, 2.24) is 0 Å². The third-order valence-electron chi connectivity index (χ3n) is 7.07. The SMILES string of the molecule is C=C1C(=O)C[C@]2(C)[C@H](OC(C)=O)[C@H]1[C@]1(C)CCC[C@@]12C. The highest BCUT2D eigenvalue weighted by Crippen LogP contribution is 2.76. The van der Waals surface area contributed by atoms with E-state index in [1.165, 1.54) is 13.3 Å². The normalized spacial score (nSPS) is 50.2. The Morgan fingerprint density at radius 1 is 1.25 bits per heavy atom. The quantitative estimate of drug-likeness (QED) is 0.545. The fourth-order valence-corrected chi connectivity index (χ4v) is 5.68. The van der Waals surface area contributed by atoms with Crippen LogP contribution in [-0.2, 0) is 14.3 Å². The van der Waals surface area contributed by atoms with E-state index in [1.54, 1.807) is 0 Å². The molecule has 2 bridgehead atoms. The number of ketones is 1. The van der Waals surface area contributed by atoms with Crippen molar-refractivity contribution in [2.75, 3.05) is 0 Å². The zero-order chi connectivity index (χ0) is 14.9. The topological polar surface area (TPSA) is 43.4 Å². The number of rotatable bonds is 1. The molecule has 0 heterocycles. The lowest BCUT2D eigenvalue weighted by molar-refractivity contribution is -0.160. The van der Waals surface area contributed by atoms with Gasteiger partial charge in [0, 0.05) is 24.7 Å². The van der Waals surface area contributed by atoms with E-state index in [-0.39, 0.29) is 40.0 Å². The number of carbonyl (C=O) groups is 2. The van der Waals surface area contributed by atoms with Crippen molar-refractivity contribution in [3.63, 3.8) is 0 Å². The predicted molar refractivity (Wildman–Crippen MR) is 76.0 cm³/mol. The van der Waals surface area contributed by atoms with E-state index >= 15 is 0 Å². The van der Waals surface area contributed by atoms with Gasteiger partial charge in [0.1, 0.15) is 6.10 Å². The summed E-state index contributed by atoms with van der Waals surface area (Å²) >= 11 is 0. The lowest BCUT2D eigenvalue weighted by atomic mass is 9.59. The molecule has 0 unspecified atom stereocenters. The van der Waals surface area contributed by atoms with Crippen molar-refractivity contribution in [2.24, 2.45) is 22.2 Å². The first-order chi connectivity index (χ1) is 9.17. The Kier molecular flexibility index (Phi) is 2.59. The molecule has 3 rings (SSSR count). The van der Waals surface area contributed by atoms with Gasteiger partial charge in [-0.25, -0.2) is 0 Å². The van der Waals surface area contributed by atoms with Crippen molar-refractivity contribution < 1.29 is 14.3 Å². The third-order valence-corrected chi connectivity index (χ3v) is 7.07. The minimum absolute atomic E-state index is 0.00912. The predicted octanol–water partition coefficient (Wildman–Crippen LogP) is 3.28. The Morgan fingerprint density at radius 3 is 2.50 bits per heavy atom. The van der Waals surface area contributed by atoms with Gasteiger partial charge in [0.2, 0.25) is 0 Å². The number of fused-ring (bicyclic) bond motifs is 5. The molecule has 20 heavy (non-hydrogen) atoms. The average molecular weight is 276 g/mol. The van der Waals surface area contributed by atoms with Gasteiger partial charge in [-0.3, -0.25) is 9.59 Å². The van der Waals surface area contributed by atoms with Gasteiger partial charge in [-0.05, 0) is 29.2 Å². The Hall–Kier alpha value is -1.12. The summed E-state index contributed by atoms with van der Waals surface area (Å²) in [6, 6.07) is 0. The van der Waals surface area contributed by atoms with E-state index < -0.39 is 0 Å². The maximum absolute atomic E-state index is 12.4. The summed E-state index contributed by atoms with van der Waals surface area (Å²) in [5, 5.41) is 0. The van der Waals surface area contributed by atoms with Crippen molar-refractivity contribution in [2.45, 2.75) is 59.5 Å². The highest BCUT2D eigenvalue weighted by atomic mass is 16.5. The smallest absolute Gasteiger partial charge is 0.302 e. The molecule has 0 spiro atoms. The monoisotopic (exact) mass is 276 g/mol. The number of hydrogen-bond donors (Lipinski definition) is 0. The van der Waals surface area contributed by atoms with Crippen LogP contribution >= 0.6 is 0 Å². The molecule has 0 amide bonds. The van der Waals surface area contributed by atoms with Gasteiger partial charge in [0.05, 0.1) is 0 Å². The summed E-state index contributed by atoms with van der Waals surface area (Å²) in [6.07, 6.45) is 3.66. The lowest BCUT2D eigenvalue weighted by Gasteiger charge is -2.46. The highest BCUT2D eigenvalue weighted by molar-refractivity contribution is 5.98. The summed E-state index contributed by atoms with van der Waals surface area (Å²) in [7, 11) is 0. The minimum atomic E-state index is -0.257. The summed E-state index contributed by atoms with van der Waals surface area (Å²) in [6.45, 7) is 12.2. The van der Waals surface area contributed by atoms with E-state index in [0.29, 0.717) is 12.0 Å². The van der Waals surface area contributed by atoms with Crippen LogP contribution in [0.15, 0.2) is 12.2 Å². The zero-order valence-electron chi connectivity index (χ0n) is 12.9. The molecular weight excluding hydrogens is 252 g/mol. The molecule has 3 nitrogen and oxygen atoms in total. The van der Waals surface area contributed by atoms with Gasteiger partial charge in [-0.1, -0.05) is 33.8 Å². The van der Waals surface area contributed by atoms with E-state index in [1.807, 2.05) is 0 Å². The third kappa shape index (κ3) is 1.27. The van der Waals surface area contributed by atoms with Crippen LogP contribution in [0.4, 0.5) is 0 Å². The number of esters is 1. The first kappa shape index (κ1) is 13.8. The van der Waals surface area contributed by atoms with E-state index in [0.717, 1.165) is 12.8 Å². The first-order valence-corrected chi connectivity index (χ1v) is 7.57. The van der Waals surface area contributed by atoms with Crippen molar-refractivity contribution in [3.05, 3.63) is 12.2 Å². The molecule has 5 atom stereocenters. The Bertz CT molecular complexity index is 522. The van der Waals surface area contributed by atoms with Crippen LogP contribution in [0.3, 0.4) is 0 Å². The molecular formula is C17H24O3. The molecule has 0 radical (unpaired) electrons. The molecule has 0 saturated heterocycles.